The van der Waals surface area contributed by atoms with Gasteiger partial charge in [0.1, 0.15) is 5.82 Å². The second kappa shape index (κ2) is 3.33. The van der Waals surface area contributed by atoms with Crippen molar-refractivity contribution in [1.29, 1.82) is 0 Å². The fraction of sp³-hybridized carbons (Fsp3) is 0.200. The summed E-state index contributed by atoms with van der Waals surface area (Å²) in [4.78, 5) is 0. The zero-order valence-corrected chi connectivity index (χ0v) is 6.60. The highest BCUT2D eigenvalue weighted by molar-refractivity contribution is 5.47. The third kappa shape index (κ3) is 1.67. The van der Waals surface area contributed by atoms with Crippen molar-refractivity contribution in [2.24, 2.45) is 0 Å². The third-order valence-electron chi connectivity index (χ3n) is 1.69. The number of hydrogen-bond acceptors (Lipinski definition) is 0. The van der Waals surface area contributed by atoms with Gasteiger partial charge in [0.25, 0.3) is 0 Å². The van der Waals surface area contributed by atoms with Gasteiger partial charge < -0.3 is 0 Å². The molecule has 0 radical (unpaired) electrons. The molecule has 0 N–H and O–H groups in total. The summed E-state index contributed by atoms with van der Waals surface area (Å²) in [5, 5.41) is 0. The molecular weight excluding hydrogens is 139 g/mol. The fourth-order valence-corrected chi connectivity index (χ4v) is 0.977. The molecule has 0 heterocycles. The summed E-state index contributed by atoms with van der Waals surface area (Å²) < 4.78 is 13.0. The summed E-state index contributed by atoms with van der Waals surface area (Å²) in [6.07, 6.45) is 2.38. The van der Waals surface area contributed by atoms with E-state index in [2.05, 4.69) is 6.58 Å². The lowest BCUT2D eigenvalue weighted by molar-refractivity contribution is 0.612. The van der Waals surface area contributed by atoms with Crippen LogP contribution in [0.4, 0.5) is 4.39 Å². The van der Waals surface area contributed by atoms with Crippen molar-refractivity contribution in [1.82, 2.24) is 0 Å². The first-order valence-corrected chi connectivity index (χ1v) is 3.68. The van der Waals surface area contributed by atoms with Gasteiger partial charge in [0, 0.05) is 0 Å². The summed E-state index contributed by atoms with van der Waals surface area (Å²) in [7, 11) is 0. The van der Waals surface area contributed by atoms with Gasteiger partial charge in [-0.05, 0) is 23.6 Å². The Hall–Kier alpha value is -1.11. The summed E-state index contributed by atoms with van der Waals surface area (Å²) in [5.41, 5.74) is 1.59. The lowest BCUT2D eigenvalue weighted by Crippen LogP contribution is -1.87. The lowest BCUT2D eigenvalue weighted by atomic mass is 10.1. The van der Waals surface area contributed by atoms with E-state index >= 15 is 0 Å². The molecule has 0 aliphatic rings. The van der Waals surface area contributed by atoms with Gasteiger partial charge in [-0.2, -0.15) is 0 Å². The van der Waals surface area contributed by atoms with Crippen molar-refractivity contribution in [3.8, 4) is 0 Å². The Morgan fingerprint density at radius 2 is 2.27 bits per heavy atom. The first-order chi connectivity index (χ1) is 5.27. The molecule has 1 aromatic rings. The van der Waals surface area contributed by atoms with E-state index in [-0.39, 0.29) is 5.82 Å². The molecule has 1 rings (SSSR count). The highest BCUT2D eigenvalue weighted by Crippen LogP contribution is 2.11. The van der Waals surface area contributed by atoms with Crippen LogP contribution >= 0.6 is 0 Å². The van der Waals surface area contributed by atoms with Crippen LogP contribution in [-0.4, -0.2) is 0 Å². The molecular formula is C10H11F. The van der Waals surface area contributed by atoms with Gasteiger partial charge in [0.15, 0.2) is 0 Å². The van der Waals surface area contributed by atoms with Crippen LogP contribution in [-0.2, 0) is 6.42 Å². The zero-order chi connectivity index (χ0) is 8.27. The largest absolute Gasteiger partial charge is 0.207 e. The second-order valence-corrected chi connectivity index (χ2v) is 2.41. The van der Waals surface area contributed by atoms with Gasteiger partial charge in [0.05, 0.1) is 0 Å². The van der Waals surface area contributed by atoms with E-state index < -0.39 is 0 Å². The van der Waals surface area contributed by atoms with Crippen LogP contribution in [0, 0.1) is 5.82 Å². The van der Waals surface area contributed by atoms with Crippen molar-refractivity contribution < 1.29 is 4.39 Å². The number of rotatable bonds is 2. The topological polar surface area (TPSA) is 0 Å². The number of benzene rings is 1. The third-order valence-corrected chi connectivity index (χ3v) is 1.69. The van der Waals surface area contributed by atoms with Crippen LogP contribution in [0.3, 0.4) is 0 Å². The first-order valence-electron chi connectivity index (χ1n) is 3.68. The SMILES string of the molecule is C=Cc1ccc(CC)c(F)c1. The van der Waals surface area contributed by atoms with Crippen molar-refractivity contribution in [3.05, 3.63) is 41.7 Å². The molecule has 0 spiro atoms. The van der Waals surface area contributed by atoms with Gasteiger partial charge >= 0.3 is 0 Å². The van der Waals surface area contributed by atoms with Gasteiger partial charge in [-0.25, -0.2) is 4.39 Å². The number of hydrogen-bond donors (Lipinski definition) is 0. The molecule has 0 bridgehead atoms. The average molecular weight is 150 g/mol. The Morgan fingerprint density at radius 3 is 2.73 bits per heavy atom. The van der Waals surface area contributed by atoms with Gasteiger partial charge in [-0.15, -0.1) is 0 Å². The molecule has 1 aromatic carbocycles. The van der Waals surface area contributed by atoms with Crippen molar-refractivity contribution in [2.45, 2.75) is 13.3 Å². The van der Waals surface area contributed by atoms with Crippen LogP contribution in [0.1, 0.15) is 18.1 Å². The molecule has 0 nitrogen and oxygen atoms in total. The van der Waals surface area contributed by atoms with Crippen LogP contribution < -0.4 is 0 Å². The molecule has 11 heavy (non-hydrogen) atoms. The fourth-order valence-electron chi connectivity index (χ4n) is 0.977. The Bertz CT molecular complexity index is 264. The van der Waals surface area contributed by atoms with Gasteiger partial charge in [0.2, 0.25) is 0 Å². The van der Waals surface area contributed by atoms with E-state index in [0.717, 1.165) is 17.5 Å². The standard InChI is InChI=1S/C10H11F/c1-3-8-5-6-9(4-2)10(11)7-8/h3,5-7H,1,4H2,2H3. The predicted octanol–water partition coefficient (Wildman–Crippen LogP) is 3.03. The average Bonchev–Trinajstić information content (AvgIpc) is 2.04. The monoisotopic (exact) mass is 150 g/mol. The van der Waals surface area contributed by atoms with Crippen LogP contribution in [0.2, 0.25) is 0 Å². The van der Waals surface area contributed by atoms with Crippen LogP contribution in [0.25, 0.3) is 6.08 Å². The van der Waals surface area contributed by atoms with Gasteiger partial charge in [-0.3, -0.25) is 0 Å². The van der Waals surface area contributed by atoms with Crippen molar-refractivity contribution in [3.63, 3.8) is 0 Å². The van der Waals surface area contributed by atoms with Crippen LogP contribution in [0.15, 0.2) is 24.8 Å². The molecule has 0 aliphatic heterocycles. The highest BCUT2D eigenvalue weighted by Gasteiger charge is 1.98. The predicted molar refractivity (Wildman–Crippen MR) is 45.9 cm³/mol. The zero-order valence-electron chi connectivity index (χ0n) is 6.60. The minimum absolute atomic E-state index is 0.134. The number of aryl methyl sites for hydroxylation is 1. The molecule has 0 aliphatic carbocycles. The summed E-state index contributed by atoms with van der Waals surface area (Å²) in [6, 6.07) is 5.17. The lowest BCUT2D eigenvalue weighted by Gasteiger charge is -1.99. The quantitative estimate of drug-likeness (QED) is 0.607. The van der Waals surface area contributed by atoms with E-state index in [1.165, 1.54) is 6.07 Å². The van der Waals surface area contributed by atoms with E-state index in [9.17, 15) is 4.39 Å². The summed E-state index contributed by atoms with van der Waals surface area (Å²) in [6.45, 7) is 5.50. The van der Waals surface area contributed by atoms with Crippen molar-refractivity contribution in [2.75, 3.05) is 0 Å². The summed E-state index contributed by atoms with van der Waals surface area (Å²) >= 11 is 0. The highest BCUT2D eigenvalue weighted by atomic mass is 19.1. The molecule has 1 heteroatoms. The molecule has 0 aromatic heterocycles. The Balaban J connectivity index is 3.09. The van der Waals surface area contributed by atoms with Crippen molar-refractivity contribution >= 4 is 6.08 Å². The Morgan fingerprint density at radius 1 is 1.55 bits per heavy atom. The smallest absolute Gasteiger partial charge is 0.126 e. The normalized spacial score (nSPS) is 9.64. The number of halogens is 1. The molecule has 0 fully saturated rings. The van der Waals surface area contributed by atoms with E-state index in [4.69, 9.17) is 0 Å². The maximum Gasteiger partial charge on any atom is 0.126 e. The molecule has 58 valence electrons. The maximum atomic E-state index is 13.0. The Labute approximate surface area is 66.4 Å². The van der Waals surface area contributed by atoms with E-state index in [1.807, 2.05) is 13.0 Å². The molecule has 0 unspecified atom stereocenters. The van der Waals surface area contributed by atoms with Gasteiger partial charge in [-0.1, -0.05) is 31.7 Å². The maximum absolute atomic E-state index is 13.0. The Kier molecular flexibility index (Phi) is 2.42. The van der Waals surface area contributed by atoms with E-state index in [1.54, 1.807) is 12.1 Å². The second-order valence-electron chi connectivity index (χ2n) is 2.41. The molecule has 0 saturated carbocycles. The minimum atomic E-state index is -0.134. The van der Waals surface area contributed by atoms with E-state index in [0.29, 0.717) is 0 Å². The first kappa shape index (κ1) is 7.99. The molecule has 0 saturated heterocycles. The summed E-state index contributed by atoms with van der Waals surface area (Å²) in [5.74, 6) is -0.134. The van der Waals surface area contributed by atoms with Crippen LogP contribution in [0.5, 0.6) is 0 Å². The molecule has 0 atom stereocenters. The molecule has 0 amide bonds. The minimum Gasteiger partial charge on any atom is -0.207 e.